The normalized spacial score (nSPS) is 18.4. The number of hydrogen-bond acceptors (Lipinski definition) is 3. The predicted octanol–water partition coefficient (Wildman–Crippen LogP) is 1.36. The number of tetrazole rings is 1. The zero-order valence-corrected chi connectivity index (χ0v) is 7.38. The number of rotatable bonds is 1. The van der Waals surface area contributed by atoms with Crippen LogP contribution in [0.15, 0.2) is 30.3 Å². The van der Waals surface area contributed by atoms with Gasteiger partial charge in [-0.2, -0.15) is 5.21 Å². The van der Waals surface area contributed by atoms with E-state index in [1.807, 2.05) is 12.1 Å². The molecule has 0 saturated carbocycles. The van der Waals surface area contributed by atoms with E-state index in [2.05, 4.69) is 44.9 Å². The molecule has 1 heterocycles. The van der Waals surface area contributed by atoms with Gasteiger partial charge in [0.15, 0.2) is 5.82 Å². The van der Waals surface area contributed by atoms with Crippen molar-refractivity contribution in [2.24, 2.45) is 0 Å². The van der Waals surface area contributed by atoms with Gasteiger partial charge in [-0.1, -0.05) is 41.6 Å². The van der Waals surface area contributed by atoms with Crippen LogP contribution in [0.3, 0.4) is 0 Å². The van der Waals surface area contributed by atoms with Crippen molar-refractivity contribution in [1.82, 2.24) is 20.6 Å². The summed E-state index contributed by atoms with van der Waals surface area (Å²) in [6.07, 6.45) is 4.19. The van der Waals surface area contributed by atoms with Crippen molar-refractivity contribution >= 4 is 6.08 Å². The fourth-order valence-electron chi connectivity index (χ4n) is 1.78. The summed E-state index contributed by atoms with van der Waals surface area (Å²) in [7, 11) is 0. The van der Waals surface area contributed by atoms with E-state index in [1.54, 1.807) is 0 Å². The molecule has 1 aromatic carbocycles. The minimum absolute atomic E-state index is 0.157. The van der Waals surface area contributed by atoms with Crippen LogP contribution in [0.5, 0.6) is 0 Å². The topological polar surface area (TPSA) is 54.5 Å². The number of allylic oxidation sites excluding steroid dienone is 1. The summed E-state index contributed by atoms with van der Waals surface area (Å²) in [6.45, 7) is 0. The van der Waals surface area contributed by atoms with E-state index in [0.29, 0.717) is 0 Å². The summed E-state index contributed by atoms with van der Waals surface area (Å²) in [6, 6.07) is 8.24. The van der Waals surface area contributed by atoms with Gasteiger partial charge >= 0.3 is 0 Å². The van der Waals surface area contributed by atoms with Crippen LogP contribution in [0.25, 0.3) is 6.08 Å². The first-order valence-corrected chi connectivity index (χ1v) is 4.45. The summed E-state index contributed by atoms with van der Waals surface area (Å²) < 4.78 is 0. The molecule has 3 rings (SSSR count). The standard InChI is InChI=1S/C10H8N4/c1-2-4-8-7(3-1)5-6-9(8)10-11-13-14-12-10/h1-6,9H,(H,11,12,13,14). The molecule has 1 aromatic heterocycles. The summed E-state index contributed by atoms with van der Waals surface area (Å²) in [5.74, 6) is 0.885. The molecule has 68 valence electrons. The smallest absolute Gasteiger partial charge is 0.177 e. The van der Waals surface area contributed by atoms with E-state index in [4.69, 9.17) is 0 Å². The van der Waals surface area contributed by atoms with Crippen LogP contribution >= 0.6 is 0 Å². The minimum atomic E-state index is 0.157. The van der Waals surface area contributed by atoms with E-state index < -0.39 is 0 Å². The SMILES string of the molecule is C1=CC(c2nn[nH]n2)c2ccccc21. The second-order valence-electron chi connectivity index (χ2n) is 3.24. The summed E-state index contributed by atoms with van der Waals surface area (Å²) in [5, 5.41) is 14.0. The van der Waals surface area contributed by atoms with E-state index in [1.165, 1.54) is 11.1 Å². The molecule has 0 bridgehead atoms. The lowest BCUT2D eigenvalue weighted by Crippen LogP contribution is -1.98. The summed E-state index contributed by atoms with van der Waals surface area (Å²) in [5.41, 5.74) is 2.48. The number of H-pyrrole nitrogens is 1. The third-order valence-corrected chi connectivity index (χ3v) is 2.44. The van der Waals surface area contributed by atoms with E-state index in [0.717, 1.165) is 5.82 Å². The Morgan fingerprint density at radius 3 is 3.00 bits per heavy atom. The maximum Gasteiger partial charge on any atom is 0.185 e. The van der Waals surface area contributed by atoms with E-state index in [-0.39, 0.29) is 5.92 Å². The quantitative estimate of drug-likeness (QED) is 0.728. The van der Waals surface area contributed by atoms with Crippen molar-refractivity contribution in [3.63, 3.8) is 0 Å². The number of nitrogens with one attached hydrogen (secondary N) is 1. The van der Waals surface area contributed by atoms with E-state index in [9.17, 15) is 0 Å². The fourth-order valence-corrected chi connectivity index (χ4v) is 1.78. The first-order valence-electron chi connectivity index (χ1n) is 4.45. The van der Waals surface area contributed by atoms with Crippen LogP contribution in [0, 0.1) is 0 Å². The largest absolute Gasteiger partial charge is 0.185 e. The first-order chi connectivity index (χ1) is 6.95. The highest BCUT2D eigenvalue weighted by molar-refractivity contribution is 5.63. The number of hydrogen-bond donors (Lipinski definition) is 1. The molecular weight excluding hydrogens is 176 g/mol. The molecule has 1 aliphatic rings. The number of aromatic nitrogens is 4. The van der Waals surface area contributed by atoms with Crippen LogP contribution in [0.4, 0.5) is 0 Å². The van der Waals surface area contributed by atoms with Gasteiger partial charge in [-0.15, -0.1) is 10.2 Å². The van der Waals surface area contributed by atoms with Gasteiger partial charge in [-0.3, -0.25) is 0 Å². The molecule has 0 radical (unpaired) electrons. The van der Waals surface area contributed by atoms with Gasteiger partial charge in [0.1, 0.15) is 0 Å². The Kier molecular flexibility index (Phi) is 1.47. The van der Waals surface area contributed by atoms with Crippen LogP contribution < -0.4 is 0 Å². The number of nitrogens with zero attached hydrogens (tertiary/aromatic N) is 3. The van der Waals surface area contributed by atoms with Crippen LogP contribution in [0.1, 0.15) is 22.9 Å². The molecule has 0 amide bonds. The summed E-state index contributed by atoms with van der Waals surface area (Å²) in [4.78, 5) is 0. The Bertz CT molecular complexity index is 473. The second-order valence-corrected chi connectivity index (χ2v) is 3.24. The molecule has 1 unspecified atom stereocenters. The molecular formula is C10H8N4. The van der Waals surface area contributed by atoms with Crippen LogP contribution in [-0.2, 0) is 0 Å². The zero-order chi connectivity index (χ0) is 9.38. The molecule has 14 heavy (non-hydrogen) atoms. The lowest BCUT2D eigenvalue weighted by atomic mass is 10.0. The molecule has 0 aliphatic heterocycles. The Morgan fingerprint density at radius 2 is 2.14 bits per heavy atom. The van der Waals surface area contributed by atoms with Gasteiger partial charge in [0.05, 0.1) is 5.92 Å². The van der Waals surface area contributed by atoms with Gasteiger partial charge in [0.25, 0.3) is 0 Å². The highest BCUT2D eigenvalue weighted by Gasteiger charge is 2.21. The Morgan fingerprint density at radius 1 is 1.21 bits per heavy atom. The van der Waals surface area contributed by atoms with Crippen molar-refractivity contribution in [2.45, 2.75) is 5.92 Å². The van der Waals surface area contributed by atoms with Gasteiger partial charge in [-0.25, -0.2) is 0 Å². The molecule has 2 aromatic rings. The number of benzene rings is 1. The average molecular weight is 184 g/mol. The molecule has 0 spiro atoms. The van der Waals surface area contributed by atoms with Crippen LogP contribution in [-0.4, -0.2) is 20.6 Å². The zero-order valence-electron chi connectivity index (χ0n) is 7.38. The maximum atomic E-state index is 4.00. The molecule has 1 atom stereocenters. The van der Waals surface area contributed by atoms with Crippen LogP contribution in [0.2, 0.25) is 0 Å². The minimum Gasteiger partial charge on any atom is -0.177 e. The van der Waals surface area contributed by atoms with Crippen molar-refractivity contribution < 1.29 is 0 Å². The first kappa shape index (κ1) is 7.44. The maximum absolute atomic E-state index is 4.00. The Hall–Kier alpha value is -1.97. The van der Waals surface area contributed by atoms with Crippen molar-refractivity contribution in [2.75, 3.05) is 0 Å². The third kappa shape index (κ3) is 0.970. The van der Waals surface area contributed by atoms with Gasteiger partial charge in [0.2, 0.25) is 0 Å². The highest BCUT2D eigenvalue weighted by atomic mass is 15.5. The monoisotopic (exact) mass is 184 g/mol. The van der Waals surface area contributed by atoms with Crippen molar-refractivity contribution in [3.8, 4) is 0 Å². The number of aromatic amines is 1. The fraction of sp³-hybridized carbons (Fsp3) is 0.100. The number of fused-ring (bicyclic) bond motifs is 1. The lowest BCUT2D eigenvalue weighted by molar-refractivity contribution is 0.881. The van der Waals surface area contributed by atoms with Gasteiger partial charge < -0.3 is 0 Å². The third-order valence-electron chi connectivity index (χ3n) is 2.44. The Balaban J connectivity index is 2.11. The van der Waals surface area contributed by atoms with Gasteiger partial charge in [-0.05, 0) is 11.1 Å². The lowest BCUT2D eigenvalue weighted by Gasteiger charge is -2.04. The molecule has 0 fully saturated rings. The predicted molar refractivity (Wildman–Crippen MR) is 51.5 cm³/mol. The Labute approximate surface area is 80.7 Å². The van der Waals surface area contributed by atoms with Crippen molar-refractivity contribution in [3.05, 3.63) is 47.3 Å². The van der Waals surface area contributed by atoms with Crippen molar-refractivity contribution in [1.29, 1.82) is 0 Å². The molecule has 1 N–H and O–H groups in total. The molecule has 1 aliphatic carbocycles. The summed E-state index contributed by atoms with van der Waals surface area (Å²) >= 11 is 0. The van der Waals surface area contributed by atoms with E-state index >= 15 is 0 Å². The molecule has 0 saturated heterocycles. The molecule has 4 nitrogen and oxygen atoms in total. The van der Waals surface area contributed by atoms with Gasteiger partial charge in [0, 0.05) is 0 Å². The average Bonchev–Trinajstić information content (AvgIpc) is 2.85. The second kappa shape index (κ2) is 2.77. The molecule has 4 heteroatoms. The highest BCUT2D eigenvalue weighted by Crippen LogP contribution is 2.32.